The van der Waals surface area contributed by atoms with Crippen molar-refractivity contribution < 1.29 is 23.5 Å². The number of fused-ring (bicyclic) bond motifs is 2. The Morgan fingerprint density at radius 1 is 1.14 bits per heavy atom. The van der Waals surface area contributed by atoms with Crippen LogP contribution >= 0.6 is 0 Å². The Bertz CT molecular complexity index is 644. The molecule has 1 fully saturated rings. The minimum absolute atomic E-state index is 0.139. The number of amides is 1. The van der Waals surface area contributed by atoms with Gasteiger partial charge in [0.2, 0.25) is 5.91 Å². The summed E-state index contributed by atoms with van der Waals surface area (Å²) >= 11 is 0. The van der Waals surface area contributed by atoms with E-state index in [0.717, 1.165) is 12.1 Å². The molecular weight excluding hydrogens is 280 g/mol. The fraction of sp³-hybridized carbons (Fsp3) is 0.333. The smallest absolute Gasteiger partial charge is 0.307 e. The largest absolute Gasteiger partial charge is 0.481 e. The second-order valence-electron chi connectivity index (χ2n) is 5.45. The number of carbonyl (C=O) groups is 2. The van der Waals surface area contributed by atoms with Crippen LogP contribution in [0.25, 0.3) is 0 Å². The van der Waals surface area contributed by atoms with Crippen LogP contribution in [0.15, 0.2) is 30.4 Å². The van der Waals surface area contributed by atoms with Gasteiger partial charge >= 0.3 is 5.97 Å². The summed E-state index contributed by atoms with van der Waals surface area (Å²) in [6.45, 7) is 0. The number of carbonyl (C=O) groups excluding carboxylic acids is 1. The Morgan fingerprint density at radius 3 is 2.43 bits per heavy atom. The van der Waals surface area contributed by atoms with E-state index < -0.39 is 35.3 Å². The number of allylic oxidation sites excluding steroid dienone is 2. The van der Waals surface area contributed by atoms with Gasteiger partial charge in [-0.3, -0.25) is 9.59 Å². The number of hydrogen-bond acceptors (Lipinski definition) is 2. The molecule has 4 atom stereocenters. The van der Waals surface area contributed by atoms with Gasteiger partial charge in [-0.25, -0.2) is 8.78 Å². The molecule has 1 aromatic rings. The molecule has 0 aliphatic heterocycles. The maximum atomic E-state index is 13.6. The highest BCUT2D eigenvalue weighted by atomic mass is 19.1. The topological polar surface area (TPSA) is 66.4 Å². The predicted octanol–water partition coefficient (Wildman–Crippen LogP) is 2.43. The van der Waals surface area contributed by atoms with Crippen LogP contribution in [0, 0.1) is 35.3 Å². The highest BCUT2D eigenvalue weighted by Gasteiger charge is 2.51. The Balaban J connectivity index is 1.82. The van der Waals surface area contributed by atoms with E-state index >= 15 is 0 Å². The average Bonchev–Trinajstić information content (AvgIpc) is 3.02. The number of anilines is 1. The summed E-state index contributed by atoms with van der Waals surface area (Å²) in [6, 6.07) is 2.83. The van der Waals surface area contributed by atoms with Gasteiger partial charge in [0.05, 0.1) is 17.5 Å². The summed E-state index contributed by atoms with van der Waals surface area (Å²) in [5, 5.41) is 11.6. The van der Waals surface area contributed by atoms with E-state index in [-0.39, 0.29) is 17.5 Å². The van der Waals surface area contributed by atoms with Gasteiger partial charge in [0.1, 0.15) is 11.6 Å². The molecule has 0 spiro atoms. The lowest BCUT2D eigenvalue weighted by Gasteiger charge is -2.23. The molecule has 4 nitrogen and oxygen atoms in total. The lowest BCUT2D eigenvalue weighted by Crippen LogP contribution is -2.36. The molecule has 0 heterocycles. The highest BCUT2D eigenvalue weighted by molar-refractivity contribution is 5.96. The van der Waals surface area contributed by atoms with Crippen LogP contribution < -0.4 is 5.32 Å². The normalized spacial score (nSPS) is 29.6. The van der Waals surface area contributed by atoms with Crippen LogP contribution in [0.2, 0.25) is 0 Å². The van der Waals surface area contributed by atoms with Gasteiger partial charge in [-0.15, -0.1) is 0 Å². The molecule has 0 radical (unpaired) electrons. The molecule has 0 aromatic heterocycles. The van der Waals surface area contributed by atoms with Gasteiger partial charge < -0.3 is 10.4 Å². The zero-order chi connectivity index (χ0) is 15.1. The Hall–Kier alpha value is -2.24. The lowest BCUT2D eigenvalue weighted by molar-refractivity contribution is -0.146. The van der Waals surface area contributed by atoms with Gasteiger partial charge in [0, 0.05) is 6.07 Å². The van der Waals surface area contributed by atoms with Crippen LogP contribution in [-0.2, 0) is 9.59 Å². The molecular formula is C15H13F2NO3. The van der Waals surface area contributed by atoms with Crippen molar-refractivity contribution in [1.29, 1.82) is 0 Å². The molecule has 21 heavy (non-hydrogen) atoms. The molecule has 2 aliphatic carbocycles. The lowest BCUT2D eigenvalue weighted by atomic mass is 9.82. The third-order valence-electron chi connectivity index (χ3n) is 4.24. The molecule has 110 valence electrons. The van der Waals surface area contributed by atoms with Crippen molar-refractivity contribution in [2.24, 2.45) is 23.7 Å². The highest BCUT2D eigenvalue weighted by Crippen LogP contribution is 2.48. The van der Waals surface area contributed by atoms with Crippen molar-refractivity contribution in [2.75, 3.05) is 5.32 Å². The predicted molar refractivity (Wildman–Crippen MR) is 70.3 cm³/mol. The molecule has 6 heteroatoms. The molecule has 1 aromatic carbocycles. The van der Waals surface area contributed by atoms with Crippen molar-refractivity contribution >= 4 is 17.6 Å². The van der Waals surface area contributed by atoms with E-state index in [1.54, 1.807) is 0 Å². The van der Waals surface area contributed by atoms with E-state index in [1.807, 2.05) is 12.2 Å². The van der Waals surface area contributed by atoms with Crippen molar-refractivity contribution in [3.05, 3.63) is 42.0 Å². The van der Waals surface area contributed by atoms with E-state index in [1.165, 1.54) is 0 Å². The summed E-state index contributed by atoms with van der Waals surface area (Å²) in [5.41, 5.74) is -0.141. The number of carboxylic acids is 1. The van der Waals surface area contributed by atoms with Crippen molar-refractivity contribution in [3.8, 4) is 0 Å². The maximum absolute atomic E-state index is 13.6. The quantitative estimate of drug-likeness (QED) is 0.841. The van der Waals surface area contributed by atoms with Crippen molar-refractivity contribution in [2.45, 2.75) is 6.42 Å². The first-order valence-electron chi connectivity index (χ1n) is 6.64. The minimum atomic E-state index is -1.02. The molecule has 2 aliphatic rings. The van der Waals surface area contributed by atoms with Crippen molar-refractivity contribution in [3.63, 3.8) is 0 Å². The molecule has 0 saturated heterocycles. The zero-order valence-corrected chi connectivity index (χ0v) is 10.9. The second-order valence-corrected chi connectivity index (χ2v) is 5.45. The number of nitrogens with one attached hydrogen (secondary N) is 1. The third kappa shape index (κ3) is 2.30. The first kappa shape index (κ1) is 13.7. The number of rotatable bonds is 3. The molecule has 1 saturated carbocycles. The summed E-state index contributed by atoms with van der Waals surface area (Å²) in [5.74, 6) is -4.98. The van der Waals surface area contributed by atoms with E-state index in [0.29, 0.717) is 12.5 Å². The minimum Gasteiger partial charge on any atom is -0.481 e. The van der Waals surface area contributed by atoms with Gasteiger partial charge in [-0.05, 0) is 30.4 Å². The van der Waals surface area contributed by atoms with Crippen LogP contribution in [0.5, 0.6) is 0 Å². The summed E-state index contributed by atoms with van der Waals surface area (Å²) < 4.78 is 26.4. The van der Waals surface area contributed by atoms with Gasteiger partial charge in [0.15, 0.2) is 0 Å². The average molecular weight is 293 g/mol. The molecule has 0 unspecified atom stereocenters. The molecule has 1 amide bonds. The summed E-state index contributed by atoms with van der Waals surface area (Å²) in [4.78, 5) is 23.6. The maximum Gasteiger partial charge on any atom is 0.307 e. The van der Waals surface area contributed by atoms with Crippen molar-refractivity contribution in [1.82, 2.24) is 0 Å². The number of aliphatic carboxylic acids is 1. The van der Waals surface area contributed by atoms with E-state index in [9.17, 15) is 23.5 Å². The third-order valence-corrected chi connectivity index (χ3v) is 4.24. The number of carboxylic acid groups (broad SMARTS) is 1. The zero-order valence-electron chi connectivity index (χ0n) is 10.9. The summed E-state index contributed by atoms with van der Waals surface area (Å²) in [6.07, 6.45) is 4.29. The van der Waals surface area contributed by atoms with Crippen LogP contribution in [0.3, 0.4) is 0 Å². The van der Waals surface area contributed by atoms with E-state index in [2.05, 4.69) is 5.32 Å². The fourth-order valence-electron chi connectivity index (χ4n) is 3.32. The fourth-order valence-corrected chi connectivity index (χ4v) is 3.32. The van der Waals surface area contributed by atoms with Gasteiger partial charge in [0.25, 0.3) is 0 Å². The molecule has 3 rings (SSSR count). The monoisotopic (exact) mass is 293 g/mol. The first-order chi connectivity index (χ1) is 9.97. The number of hydrogen-bond donors (Lipinski definition) is 2. The SMILES string of the molecule is O=C(O)[C@H]1[C@H](C(=O)Nc2ccc(F)cc2F)[C@H]2C=C[C@H]1C2. The first-order valence-corrected chi connectivity index (χ1v) is 6.64. The second kappa shape index (κ2) is 4.95. The Labute approximate surface area is 119 Å². The molecule has 2 N–H and O–H groups in total. The van der Waals surface area contributed by atoms with Crippen LogP contribution in [0.1, 0.15) is 6.42 Å². The van der Waals surface area contributed by atoms with Gasteiger partial charge in [-0.1, -0.05) is 12.2 Å². The van der Waals surface area contributed by atoms with Crippen LogP contribution in [-0.4, -0.2) is 17.0 Å². The van der Waals surface area contributed by atoms with Crippen LogP contribution in [0.4, 0.5) is 14.5 Å². The standard InChI is InChI=1S/C15H13F2NO3/c16-9-3-4-11(10(17)6-9)18-14(19)12-7-1-2-8(5-7)13(12)15(20)21/h1-4,6-8,12-13H,5H2,(H,18,19)(H,20,21)/t7-,8-,12+,13+/m0/s1. The molecule has 2 bridgehead atoms. The van der Waals surface area contributed by atoms with E-state index in [4.69, 9.17) is 0 Å². The number of halogens is 2. The number of benzene rings is 1. The Kier molecular flexibility index (Phi) is 3.23. The summed E-state index contributed by atoms with van der Waals surface area (Å²) in [7, 11) is 0. The Morgan fingerprint density at radius 2 is 1.81 bits per heavy atom. The van der Waals surface area contributed by atoms with Gasteiger partial charge in [-0.2, -0.15) is 0 Å².